The van der Waals surface area contributed by atoms with Gasteiger partial charge in [0.15, 0.2) is 9.84 Å². The minimum absolute atomic E-state index is 0.0307. The maximum atomic E-state index is 11.6. The molecule has 1 heterocycles. The quantitative estimate of drug-likeness (QED) is 0.808. The average Bonchev–Trinajstić information content (AvgIpc) is 2.77. The molecule has 0 aliphatic rings. The zero-order valence-electron chi connectivity index (χ0n) is 11.9. The van der Waals surface area contributed by atoms with Crippen molar-refractivity contribution in [3.05, 3.63) is 53.9 Å². The zero-order chi connectivity index (χ0) is 15.0. The lowest BCUT2D eigenvalue weighted by Gasteiger charge is -2.09. The van der Waals surface area contributed by atoms with Crippen LogP contribution in [-0.2, 0) is 15.6 Å². The lowest BCUT2D eigenvalue weighted by molar-refractivity contribution is 0.601. The molecule has 2 aromatic carbocycles. The van der Waals surface area contributed by atoms with Crippen molar-refractivity contribution < 1.29 is 8.42 Å². The molecule has 0 fully saturated rings. The molecule has 0 aliphatic heterocycles. The highest BCUT2D eigenvalue weighted by Gasteiger charge is 2.13. The van der Waals surface area contributed by atoms with Gasteiger partial charge in [-0.1, -0.05) is 36.4 Å². The third-order valence-electron chi connectivity index (χ3n) is 3.36. The van der Waals surface area contributed by atoms with Crippen molar-refractivity contribution in [2.45, 2.75) is 12.7 Å². The van der Waals surface area contributed by atoms with Crippen LogP contribution < -0.4 is 0 Å². The van der Waals surface area contributed by atoms with Crippen LogP contribution in [0.25, 0.3) is 22.2 Å². The van der Waals surface area contributed by atoms with Gasteiger partial charge in [-0.25, -0.2) is 13.4 Å². The van der Waals surface area contributed by atoms with Gasteiger partial charge < -0.3 is 4.98 Å². The lowest BCUT2D eigenvalue weighted by Crippen LogP contribution is -2.02. The molecular formula is C16H16N2O2S. The first-order valence-electron chi connectivity index (χ1n) is 6.65. The Morgan fingerprint density at radius 1 is 1.05 bits per heavy atom. The number of rotatable bonds is 3. The Kier molecular flexibility index (Phi) is 3.29. The summed E-state index contributed by atoms with van der Waals surface area (Å²) in [5.41, 5.74) is 4.50. The average molecular weight is 300 g/mol. The third kappa shape index (κ3) is 2.83. The number of fused-ring (bicyclic) bond motifs is 1. The fraction of sp³-hybridized carbons (Fsp3) is 0.188. The molecule has 0 bridgehead atoms. The highest BCUT2D eigenvalue weighted by atomic mass is 32.2. The predicted octanol–water partition coefficient (Wildman–Crippen LogP) is 3.08. The van der Waals surface area contributed by atoms with E-state index < -0.39 is 9.84 Å². The number of sulfone groups is 1. The van der Waals surface area contributed by atoms with Crippen molar-refractivity contribution in [1.82, 2.24) is 9.97 Å². The highest BCUT2D eigenvalue weighted by molar-refractivity contribution is 7.89. The van der Waals surface area contributed by atoms with E-state index in [2.05, 4.69) is 9.97 Å². The second-order valence-corrected chi connectivity index (χ2v) is 7.39. The van der Waals surface area contributed by atoms with Crippen molar-refractivity contribution in [2.24, 2.45) is 0 Å². The Hall–Kier alpha value is -2.14. The minimum Gasteiger partial charge on any atom is -0.342 e. The van der Waals surface area contributed by atoms with Crippen LogP contribution in [0.4, 0.5) is 0 Å². The second-order valence-electron chi connectivity index (χ2n) is 5.25. The van der Waals surface area contributed by atoms with E-state index >= 15 is 0 Å². The van der Waals surface area contributed by atoms with Gasteiger partial charge in [0, 0.05) is 11.8 Å². The summed E-state index contributed by atoms with van der Waals surface area (Å²) in [5, 5.41) is 0. The van der Waals surface area contributed by atoms with Crippen LogP contribution in [0.5, 0.6) is 0 Å². The molecule has 1 N–H and O–H groups in total. The Morgan fingerprint density at radius 3 is 2.52 bits per heavy atom. The lowest BCUT2D eigenvalue weighted by atomic mass is 9.99. The van der Waals surface area contributed by atoms with Gasteiger partial charge in [-0.2, -0.15) is 0 Å². The molecule has 5 heteroatoms. The molecule has 0 saturated carbocycles. The normalized spacial score (nSPS) is 11.9. The van der Waals surface area contributed by atoms with Gasteiger partial charge in [-0.05, 0) is 24.1 Å². The topological polar surface area (TPSA) is 62.8 Å². The molecule has 108 valence electrons. The fourth-order valence-corrected chi connectivity index (χ4v) is 3.38. The van der Waals surface area contributed by atoms with Gasteiger partial charge in [0.2, 0.25) is 0 Å². The number of aryl methyl sites for hydroxylation is 1. The van der Waals surface area contributed by atoms with Gasteiger partial charge in [0.25, 0.3) is 0 Å². The molecule has 0 atom stereocenters. The summed E-state index contributed by atoms with van der Waals surface area (Å²) < 4.78 is 23.3. The standard InChI is InChI=1S/C16H16N2O2S/c1-11-17-15-9-5-8-14(16(15)18-11)13-7-4-3-6-12(13)10-21(2,19)20/h3-9H,10H2,1-2H3,(H,17,18). The summed E-state index contributed by atoms with van der Waals surface area (Å²) in [5.74, 6) is 0.876. The van der Waals surface area contributed by atoms with Crippen molar-refractivity contribution in [3.63, 3.8) is 0 Å². The first kappa shape index (κ1) is 13.8. The maximum absolute atomic E-state index is 11.6. The van der Waals surface area contributed by atoms with Crippen LogP contribution in [0.15, 0.2) is 42.5 Å². The number of H-pyrrole nitrogens is 1. The number of imidazole rings is 1. The summed E-state index contributed by atoms with van der Waals surface area (Å²) in [6.07, 6.45) is 1.25. The van der Waals surface area contributed by atoms with Crippen LogP contribution in [0, 0.1) is 6.92 Å². The Labute approximate surface area is 123 Å². The van der Waals surface area contributed by atoms with Crippen LogP contribution >= 0.6 is 0 Å². The first-order valence-corrected chi connectivity index (χ1v) is 8.71. The number of hydrogen-bond acceptors (Lipinski definition) is 3. The van der Waals surface area contributed by atoms with Gasteiger partial charge in [-0.3, -0.25) is 0 Å². The summed E-state index contributed by atoms with van der Waals surface area (Å²) in [6.45, 7) is 1.91. The van der Waals surface area contributed by atoms with E-state index in [1.54, 1.807) is 0 Å². The number of hydrogen-bond donors (Lipinski definition) is 1. The zero-order valence-corrected chi connectivity index (χ0v) is 12.7. The van der Waals surface area contributed by atoms with Crippen LogP contribution in [-0.4, -0.2) is 24.6 Å². The monoisotopic (exact) mass is 300 g/mol. The highest BCUT2D eigenvalue weighted by Crippen LogP contribution is 2.30. The van der Waals surface area contributed by atoms with Crippen molar-refractivity contribution in [3.8, 4) is 11.1 Å². The van der Waals surface area contributed by atoms with Gasteiger partial charge in [0.1, 0.15) is 5.82 Å². The van der Waals surface area contributed by atoms with Crippen molar-refractivity contribution >= 4 is 20.9 Å². The number of para-hydroxylation sites is 1. The SMILES string of the molecule is Cc1nc2c(-c3ccccc3CS(C)(=O)=O)cccc2[nH]1. The molecule has 3 rings (SSSR count). The first-order chi connectivity index (χ1) is 9.94. The third-order valence-corrected chi connectivity index (χ3v) is 4.19. The minimum atomic E-state index is -3.08. The van der Waals surface area contributed by atoms with Gasteiger partial charge in [0.05, 0.1) is 16.8 Å². The Balaban J connectivity index is 2.24. The van der Waals surface area contributed by atoms with Crippen molar-refractivity contribution in [2.75, 3.05) is 6.26 Å². The van der Waals surface area contributed by atoms with Gasteiger partial charge >= 0.3 is 0 Å². The number of benzene rings is 2. The van der Waals surface area contributed by atoms with E-state index in [9.17, 15) is 8.42 Å². The number of nitrogens with zero attached hydrogens (tertiary/aromatic N) is 1. The molecule has 3 aromatic rings. The van der Waals surface area contributed by atoms with Crippen LogP contribution in [0.3, 0.4) is 0 Å². The van der Waals surface area contributed by atoms with E-state index in [1.807, 2.05) is 49.4 Å². The molecule has 1 aromatic heterocycles. The summed E-state index contributed by atoms with van der Waals surface area (Å²) in [7, 11) is -3.08. The molecule has 0 saturated heterocycles. The smallest absolute Gasteiger partial charge is 0.151 e. The number of aromatic nitrogens is 2. The maximum Gasteiger partial charge on any atom is 0.151 e. The van der Waals surface area contributed by atoms with E-state index in [-0.39, 0.29) is 5.75 Å². The molecule has 21 heavy (non-hydrogen) atoms. The van der Waals surface area contributed by atoms with Crippen molar-refractivity contribution in [1.29, 1.82) is 0 Å². The Morgan fingerprint density at radius 2 is 1.76 bits per heavy atom. The second kappa shape index (κ2) is 5.00. The van der Waals surface area contributed by atoms with Gasteiger partial charge in [-0.15, -0.1) is 0 Å². The molecule has 0 aliphatic carbocycles. The largest absolute Gasteiger partial charge is 0.342 e. The fourth-order valence-electron chi connectivity index (χ4n) is 2.56. The molecule has 0 radical (unpaired) electrons. The summed E-state index contributed by atoms with van der Waals surface area (Å²) in [4.78, 5) is 7.73. The van der Waals surface area contributed by atoms with Crippen LogP contribution in [0.1, 0.15) is 11.4 Å². The molecule has 0 unspecified atom stereocenters. The number of nitrogens with one attached hydrogen (secondary N) is 1. The predicted molar refractivity (Wildman–Crippen MR) is 84.8 cm³/mol. The molecule has 0 spiro atoms. The Bertz CT molecular complexity index is 911. The summed E-state index contributed by atoms with van der Waals surface area (Å²) in [6, 6.07) is 13.5. The molecular weight excluding hydrogens is 284 g/mol. The van der Waals surface area contributed by atoms with E-state index in [0.717, 1.165) is 33.5 Å². The van der Waals surface area contributed by atoms with E-state index in [1.165, 1.54) is 6.26 Å². The molecule has 0 amide bonds. The van der Waals surface area contributed by atoms with E-state index in [0.29, 0.717) is 0 Å². The van der Waals surface area contributed by atoms with Crippen LogP contribution in [0.2, 0.25) is 0 Å². The summed E-state index contributed by atoms with van der Waals surface area (Å²) >= 11 is 0. The van der Waals surface area contributed by atoms with E-state index in [4.69, 9.17) is 0 Å². The molecule has 4 nitrogen and oxygen atoms in total. The number of aromatic amines is 1.